The van der Waals surface area contributed by atoms with E-state index in [1.165, 1.54) is 4.88 Å². The van der Waals surface area contributed by atoms with Crippen LogP contribution in [0.4, 0.5) is 0 Å². The molecule has 22 heavy (non-hydrogen) atoms. The van der Waals surface area contributed by atoms with Crippen molar-refractivity contribution < 1.29 is 5.11 Å². The Balaban J connectivity index is 1.90. The predicted molar refractivity (Wildman–Crippen MR) is 93.9 cm³/mol. The molecule has 3 rings (SSSR count). The fourth-order valence-corrected chi connectivity index (χ4v) is 3.31. The SMILES string of the molecule is O[C@H](c1ccccc1)[C@H](/C=C\c1ccccc1)c1cccs1. The summed E-state index contributed by atoms with van der Waals surface area (Å²) in [5.41, 5.74) is 2.09. The Morgan fingerprint density at radius 3 is 2.14 bits per heavy atom. The summed E-state index contributed by atoms with van der Waals surface area (Å²) in [7, 11) is 0. The second-order valence-corrected chi connectivity index (χ2v) is 6.15. The summed E-state index contributed by atoms with van der Waals surface area (Å²) >= 11 is 1.68. The molecule has 0 spiro atoms. The minimum Gasteiger partial charge on any atom is -0.387 e. The fraction of sp³-hybridized carbons (Fsp3) is 0.100. The van der Waals surface area contributed by atoms with Crippen molar-refractivity contribution in [1.29, 1.82) is 0 Å². The molecule has 3 aromatic rings. The van der Waals surface area contributed by atoms with Crippen molar-refractivity contribution in [2.24, 2.45) is 0 Å². The van der Waals surface area contributed by atoms with Gasteiger partial charge in [0.2, 0.25) is 0 Å². The van der Waals surface area contributed by atoms with E-state index in [0.717, 1.165) is 11.1 Å². The molecule has 2 atom stereocenters. The highest BCUT2D eigenvalue weighted by Crippen LogP contribution is 2.35. The molecule has 0 aliphatic carbocycles. The van der Waals surface area contributed by atoms with E-state index in [1.807, 2.05) is 54.6 Å². The lowest BCUT2D eigenvalue weighted by Crippen LogP contribution is -2.07. The van der Waals surface area contributed by atoms with Crippen LogP contribution in [0.25, 0.3) is 6.08 Å². The van der Waals surface area contributed by atoms with Crippen LogP contribution in [0.5, 0.6) is 0 Å². The highest BCUT2D eigenvalue weighted by Gasteiger charge is 2.20. The first-order chi connectivity index (χ1) is 10.8. The minimum atomic E-state index is -0.542. The van der Waals surface area contributed by atoms with Crippen molar-refractivity contribution in [1.82, 2.24) is 0 Å². The zero-order chi connectivity index (χ0) is 15.2. The molecule has 0 saturated heterocycles. The predicted octanol–water partition coefficient (Wildman–Crippen LogP) is 5.28. The molecule has 0 fully saturated rings. The number of aliphatic hydroxyl groups excluding tert-OH is 1. The zero-order valence-electron chi connectivity index (χ0n) is 12.2. The quantitative estimate of drug-likeness (QED) is 0.680. The number of hydrogen-bond donors (Lipinski definition) is 1. The number of rotatable bonds is 5. The largest absolute Gasteiger partial charge is 0.387 e. The molecule has 110 valence electrons. The number of aliphatic hydroxyl groups is 1. The van der Waals surface area contributed by atoms with E-state index in [2.05, 4.69) is 35.7 Å². The summed E-state index contributed by atoms with van der Waals surface area (Å²) < 4.78 is 0. The molecule has 0 amide bonds. The van der Waals surface area contributed by atoms with Crippen LogP contribution in [-0.2, 0) is 0 Å². The third-order valence-electron chi connectivity index (χ3n) is 3.65. The van der Waals surface area contributed by atoms with Crippen LogP contribution in [0.15, 0.2) is 84.3 Å². The molecule has 2 heteroatoms. The summed E-state index contributed by atoms with van der Waals surface area (Å²) in [4.78, 5) is 1.17. The summed E-state index contributed by atoms with van der Waals surface area (Å²) in [6, 6.07) is 24.1. The van der Waals surface area contributed by atoms with Crippen LogP contribution < -0.4 is 0 Å². The Morgan fingerprint density at radius 2 is 1.50 bits per heavy atom. The number of hydrogen-bond acceptors (Lipinski definition) is 2. The van der Waals surface area contributed by atoms with Crippen LogP contribution in [0.3, 0.4) is 0 Å². The van der Waals surface area contributed by atoms with Gasteiger partial charge in [-0.15, -0.1) is 11.3 Å². The van der Waals surface area contributed by atoms with Crippen molar-refractivity contribution in [3.05, 3.63) is 100 Å². The summed E-state index contributed by atoms with van der Waals surface area (Å²) in [6.07, 6.45) is 3.63. The molecule has 0 radical (unpaired) electrons. The van der Waals surface area contributed by atoms with Gasteiger partial charge in [-0.25, -0.2) is 0 Å². The molecule has 1 heterocycles. The first kappa shape index (κ1) is 14.8. The molecule has 2 aromatic carbocycles. The van der Waals surface area contributed by atoms with Gasteiger partial charge in [0.15, 0.2) is 0 Å². The van der Waals surface area contributed by atoms with E-state index in [-0.39, 0.29) is 5.92 Å². The minimum absolute atomic E-state index is 0.0393. The van der Waals surface area contributed by atoms with Gasteiger partial charge in [-0.05, 0) is 22.6 Å². The molecule has 0 aliphatic heterocycles. The Bertz CT molecular complexity index is 702. The van der Waals surface area contributed by atoms with Crippen molar-refractivity contribution in [3.8, 4) is 0 Å². The van der Waals surface area contributed by atoms with Crippen molar-refractivity contribution in [2.45, 2.75) is 12.0 Å². The molecule has 0 aliphatic rings. The first-order valence-electron chi connectivity index (χ1n) is 7.34. The van der Waals surface area contributed by atoms with Gasteiger partial charge in [-0.1, -0.05) is 78.9 Å². The Hall–Kier alpha value is -2.16. The fourth-order valence-electron chi connectivity index (χ4n) is 2.47. The van der Waals surface area contributed by atoms with Crippen LogP contribution >= 0.6 is 11.3 Å². The van der Waals surface area contributed by atoms with Crippen LogP contribution in [0.1, 0.15) is 28.0 Å². The van der Waals surface area contributed by atoms with Crippen molar-refractivity contribution in [2.75, 3.05) is 0 Å². The summed E-state index contributed by atoms with van der Waals surface area (Å²) in [5, 5.41) is 12.8. The van der Waals surface area contributed by atoms with E-state index >= 15 is 0 Å². The van der Waals surface area contributed by atoms with Crippen LogP contribution in [-0.4, -0.2) is 5.11 Å². The van der Waals surface area contributed by atoms with Crippen LogP contribution in [0, 0.1) is 0 Å². The lowest BCUT2D eigenvalue weighted by Gasteiger charge is -2.19. The van der Waals surface area contributed by atoms with E-state index in [9.17, 15) is 5.11 Å². The highest BCUT2D eigenvalue weighted by atomic mass is 32.1. The van der Waals surface area contributed by atoms with Crippen molar-refractivity contribution >= 4 is 17.4 Å². The van der Waals surface area contributed by atoms with E-state index in [4.69, 9.17) is 0 Å². The Morgan fingerprint density at radius 1 is 0.818 bits per heavy atom. The Labute approximate surface area is 135 Å². The van der Waals surface area contributed by atoms with Gasteiger partial charge >= 0.3 is 0 Å². The molecule has 0 bridgehead atoms. The zero-order valence-corrected chi connectivity index (χ0v) is 13.0. The average molecular weight is 306 g/mol. The second-order valence-electron chi connectivity index (χ2n) is 5.17. The van der Waals surface area contributed by atoms with Gasteiger partial charge in [-0.2, -0.15) is 0 Å². The summed E-state index contributed by atoms with van der Waals surface area (Å²) in [5.74, 6) is -0.0393. The van der Waals surface area contributed by atoms with Crippen LogP contribution in [0.2, 0.25) is 0 Å². The third kappa shape index (κ3) is 3.53. The number of benzene rings is 2. The van der Waals surface area contributed by atoms with Gasteiger partial charge in [0.1, 0.15) is 0 Å². The maximum atomic E-state index is 10.8. The highest BCUT2D eigenvalue weighted by molar-refractivity contribution is 7.10. The van der Waals surface area contributed by atoms with E-state index in [0.29, 0.717) is 0 Å². The van der Waals surface area contributed by atoms with E-state index < -0.39 is 6.10 Å². The molecular formula is C20H18OS. The molecule has 1 N–H and O–H groups in total. The third-order valence-corrected chi connectivity index (χ3v) is 4.62. The van der Waals surface area contributed by atoms with E-state index in [1.54, 1.807) is 11.3 Å². The molecule has 0 saturated carbocycles. The monoisotopic (exact) mass is 306 g/mol. The van der Waals surface area contributed by atoms with Gasteiger partial charge < -0.3 is 5.11 Å². The number of thiophene rings is 1. The lowest BCUT2D eigenvalue weighted by molar-refractivity contribution is 0.163. The molecule has 0 unspecified atom stereocenters. The topological polar surface area (TPSA) is 20.2 Å². The Kier molecular flexibility index (Phi) is 4.84. The van der Waals surface area contributed by atoms with Gasteiger partial charge in [0.05, 0.1) is 6.10 Å². The lowest BCUT2D eigenvalue weighted by atomic mass is 9.93. The first-order valence-corrected chi connectivity index (χ1v) is 8.22. The standard InChI is InChI=1S/C20H18OS/c21-20(17-10-5-2-6-11-17)18(19-12-7-15-22-19)14-13-16-8-3-1-4-9-16/h1-15,18,20-21H/b14-13-/t18-,20-/m1/s1. The second kappa shape index (κ2) is 7.21. The molecule has 1 nitrogen and oxygen atoms in total. The maximum Gasteiger partial charge on any atom is 0.0901 e. The average Bonchev–Trinajstić information content (AvgIpc) is 3.11. The molecule has 1 aromatic heterocycles. The van der Waals surface area contributed by atoms with Gasteiger partial charge in [0, 0.05) is 10.8 Å². The molecular weight excluding hydrogens is 288 g/mol. The van der Waals surface area contributed by atoms with Gasteiger partial charge in [0.25, 0.3) is 0 Å². The smallest absolute Gasteiger partial charge is 0.0901 e. The van der Waals surface area contributed by atoms with Crippen molar-refractivity contribution in [3.63, 3.8) is 0 Å². The normalized spacial score (nSPS) is 14.0. The maximum absolute atomic E-state index is 10.8. The summed E-state index contributed by atoms with van der Waals surface area (Å²) in [6.45, 7) is 0. The van der Waals surface area contributed by atoms with Gasteiger partial charge in [-0.3, -0.25) is 0 Å².